The minimum atomic E-state index is -0.288. The second-order valence-corrected chi connectivity index (χ2v) is 6.37. The van der Waals surface area contributed by atoms with Crippen molar-refractivity contribution in [3.05, 3.63) is 50.7 Å². The minimum absolute atomic E-state index is 0.283. The molecule has 1 unspecified atom stereocenters. The molecule has 0 spiro atoms. The average molecular weight is 377 g/mol. The molecular weight excluding hydrogens is 361 g/mol. The number of carbonyl (C=O) groups excluding carboxylic acids is 1. The lowest BCUT2D eigenvalue weighted by Crippen LogP contribution is -2.39. The van der Waals surface area contributed by atoms with Gasteiger partial charge >= 0.3 is 0 Å². The summed E-state index contributed by atoms with van der Waals surface area (Å²) < 4.78 is 1.55. The van der Waals surface area contributed by atoms with Crippen LogP contribution in [-0.4, -0.2) is 33.9 Å². The Morgan fingerprint density at radius 3 is 2.43 bits per heavy atom. The fourth-order valence-electron chi connectivity index (χ4n) is 2.27. The lowest BCUT2D eigenvalue weighted by molar-refractivity contribution is -0.119. The standard InChI is InChI=1S/C15H16Cl3N3O2/c1-9(4-12-13(17)5-11(16)6-14(12)18)21(23-3)15(22)10-7-19-20(2)8-10/h5-9H,4H2,1-3H3. The van der Waals surface area contributed by atoms with Gasteiger partial charge in [0, 0.05) is 28.3 Å². The van der Waals surface area contributed by atoms with Crippen LogP contribution in [0.2, 0.25) is 15.1 Å². The highest BCUT2D eigenvalue weighted by Gasteiger charge is 2.24. The van der Waals surface area contributed by atoms with Crippen molar-refractivity contribution in [3.63, 3.8) is 0 Å². The molecule has 5 nitrogen and oxygen atoms in total. The van der Waals surface area contributed by atoms with Crippen molar-refractivity contribution in [3.8, 4) is 0 Å². The number of benzene rings is 1. The molecule has 1 aromatic carbocycles. The van der Waals surface area contributed by atoms with Crippen molar-refractivity contribution in [2.75, 3.05) is 7.11 Å². The van der Waals surface area contributed by atoms with Gasteiger partial charge < -0.3 is 0 Å². The van der Waals surface area contributed by atoms with Gasteiger partial charge in [-0.15, -0.1) is 0 Å². The molecule has 0 bridgehead atoms. The molecule has 0 N–H and O–H groups in total. The molecule has 2 rings (SSSR count). The number of aromatic nitrogens is 2. The molecule has 23 heavy (non-hydrogen) atoms. The first-order chi connectivity index (χ1) is 10.8. The molecule has 8 heteroatoms. The van der Waals surface area contributed by atoms with Gasteiger partial charge in [-0.25, -0.2) is 5.06 Å². The van der Waals surface area contributed by atoms with E-state index >= 15 is 0 Å². The maximum absolute atomic E-state index is 12.5. The Morgan fingerprint density at radius 2 is 1.96 bits per heavy atom. The molecule has 1 amide bonds. The smallest absolute Gasteiger partial charge is 0.275 e. The highest BCUT2D eigenvalue weighted by molar-refractivity contribution is 6.39. The lowest BCUT2D eigenvalue weighted by Gasteiger charge is -2.26. The Morgan fingerprint density at radius 1 is 1.35 bits per heavy atom. The number of hydrogen-bond acceptors (Lipinski definition) is 3. The Bertz CT molecular complexity index is 695. The second kappa shape index (κ2) is 7.53. The van der Waals surface area contributed by atoms with Crippen LogP contribution in [-0.2, 0) is 18.3 Å². The second-order valence-electron chi connectivity index (χ2n) is 5.12. The topological polar surface area (TPSA) is 47.4 Å². The molecule has 124 valence electrons. The van der Waals surface area contributed by atoms with Gasteiger partial charge in [0.05, 0.1) is 24.9 Å². The van der Waals surface area contributed by atoms with E-state index < -0.39 is 0 Å². The summed E-state index contributed by atoms with van der Waals surface area (Å²) in [7, 11) is 3.18. The maximum atomic E-state index is 12.5. The highest BCUT2D eigenvalue weighted by Crippen LogP contribution is 2.30. The van der Waals surface area contributed by atoms with Crippen LogP contribution in [0.5, 0.6) is 0 Å². The summed E-state index contributed by atoms with van der Waals surface area (Å²) in [4.78, 5) is 17.8. The quantitative estimate of drug-likeness (QED) is 0.741. The Labute approximate surface area is 149 Å². The molecule has 0 aliphatic rings. The van der Waals surface area contributed by atoms with Crippen molar-refractivity contribution >= 4 is 40.7 Å². The van der Waals surface area contributed by atoms with Gasteiger partial charge in [-0.05, 0) is 31.0 Å². The van der Waals surface area contributed by atoms with E-state index in [1.165, 1.54) is 18.4 Å². The average Bonchev–Trinajstić information content (AvgIpc) is 2.90. The largest absolute Gasteiger partial charge is 0.280 e. The number of halogens is 3. The highest BCUT2D eigenvalue weighted by atomic mass is 35.5. The zero-order valence-electron chi connectivity index (χ0n) is 12.9. The summed E-state index contributed by atoms with van der Waals surface area (Å²) in [6.07, 6.45) is 3.54. The molecular formula is C15H16Cl3N3O2. The first kappa shape index (κ1) is 18.1. The van der Waals surface area contributed by atoms with Gasteiger partial charge in [-0.1, -0.05) is 34.8 Å². The van der Waals surface area contributed by atoms with Gasteiger partial charge in [0.2, 0.25) is 0 Å². The summed E-state index contributed by atoms with van der Waals surface area (Å²) in [5.74, 6) is -0.283. The van der Waals surface area contributed by atoms with Crippen molar-refractivity contribution in [1.29, 1.82) is 0 Å². The van der Waals surface area contributed by atoms with Crippen molar-refractivity contribution in [2.24, 2.45) is 7.05 Å². The number of rotatable bonds is 5. The molecule has 1 aromatic heterocycles. The summed E-state index contributed by atoms with van der Waals surface area (Å²) in [5, 5.41) is 6.65. The predicted molar refractivity (Wildman–Crippen MR) is 91.0 cm³/mol. The number of amides is 1. The molecule has 0 aliphatic carbocycles. The zero-order chi connectivity index (χ0) is 17.1. The Kier molecular flexibility index (Phi) is 5.92. The molecule has 2 aromatic rings. The van der Waals surface area contributed by atoms with Crippen molar-refractivity contribution < 1.29 is 9.63 Å². The first-order valence-corrected chi connectivity index (χ1v) is 7.96. The molecule has 0 fully saturated rings. The minimum Gasteiger partial charge on any atom is -0.275 e. The summed E-state index contributed by atoms with van der Waals surface area (Å²) in [6.45, 7) is 1.85. The van der Waals surface area contributed by atoms with E-state index in [0.29, 0.717) is 32.6 Å². The molecule has 0 radical (unpaired) electrons. The normalized spacial score (nSPS) is 12.3. The molecule has 0 saturated carbocycles. The van der Waals surface area contributed by atoms with E-state index in [0.717, 1.165) is 0 Å². The predicted octanol–water partition coefficient (Wildman–Crippen LogP) is 4.02. The zero-order valence-corrected chi connectivity index (χ0v) is 15.2. The van der Waals surface area contributed by atoms with Crippen LogP contribution < -0.4 is 0 Å². The molecule has 1 atom stereocenters. The van der Waals surface area contributed by atoms with Crippen molar-refractivity contribution in [1.82, 2.24) is 14.8 Å². The third kappa shape index (κ3) is 4.18. The molecule has 1 heterocycles. The number of hydrogen-bond donors (Lipinski definition) is 0. The van der Waals surface area contributed by atoms with Crippen molar-refractivity contribution in [2.45, 2.75) is 19.4 Å². The van der Waals surface area contributed by atoms with Gasteiger partial charge in [-0.2, -0.15) is 5.10 Å². The number of nitrogens with zero attached hydrogens (tertiary/aromatic N) is 3. The van der Waals surface area contributed by atoms with E-state index in [1.54, 1.807) is 30.1 Å². The first-order valence-electron chi connectivity index (χ1n) is 6.83. The third-order valence-corrected chi connectivity index (χ3v) is 4.25. The lowest BCUT2D eigenvalue weighted by atomic mass is 10.1. The van der Waals surface area contributed by atoms with Crippen LogP contribution in [0.3, 0.4) is 0 Å². The number of carbonyl (C=O) groups is 1. The van der Waals surface area contributed by atoms with E-state index in [-0.39, 0.29) is 11.9 Å². The number of hydroxylamine groups is 2. The van der Waals surface area contributed by atoms with Crippen LogP contribution in [0.4, 0.5) is 0 Å². The molecule has 0 saturated heterocycles. The summed E-state index contributed by atoms with van der Waals surface area (Å²) >= 11 is 18.3. The maximum Gasteiger partial charge on any atom is 0.280 e. The fourth-order valence-corrected chi connectivity index (χ4v) is 3.24. The van der Waals surface area contributed by atoms with Gasteiger partial charge in [0.15, 0.2) is 0 Å². The van der Waals surface area contributed by atoms with Crippen LogP contribution >= 0.6 is 34.8 Å². The molecule has 0 aliphatic heterocycles. The summed E-state index contributed by atoms with van der Waals surface area (Å²) in [6, 6.07) is 2.96. The van der Waals surface area contributed by atoms with Crippen LogP contribution in [0, 0.1) is 0 Å². The Balaban J connectivity index is 2.21. The Hall–Kier alpha value is -1.27. The number of aryl methyl sites for hydroxylation is 1. The van der Waals surface area contributed by atoms with E-state index in [2.05, 4.69) is 5.10 Å². The van der Waals surface area contributed by atoms with E-state index in [4.69, 9.17) is 39.6 Å². The van der Waals surface area contributed by atoms with Crippen LogP contribution in [0.1, 0.15) is 22.8 Å². The fraction of sp³-hybridized carbons (Fsp3) is 0.333. The SMILES string of the molecule is CON(C(=O)c1cnn(C)c1)C(C)Cc1c(Cl)cc(Cl)cc1Cl. The monoisotopic (exact) mass is 375 g/mol. The van der Waals surface area contributed by atoms with Crippen LogP contribution in [0.15, 0.2) is 24.5 Å². The van der Waals surface area contributed by atoms with Gasteiger partial charge in [-0.3, -0.25) is 14.3 Å². The van der Waals surface area contributed by atoms with E-state index in [1.807, 2.05) is 6.92 Å². The van der Waals surface area contributed by atoms with Gasteiger partial charge in [0.25, 0.3) is 5.91 Å². The van der Waals surface area contributed by atoms with Gasteiger partial charge in [0.1, 0.15) is 0 Å². The van der Waals surface area contributed by atoms with E-state index in [9.17, 15) is 4.79 Å². The van der Waals surface area contributed by atoms with Crippen LogP contribution in [0.25, 0.3) is 0 Å². The third-order valence-electron chi connectivity index (χ3n) is 3.35. The summed E-state index contributed by atoms with van der Waals surface area (Å²) in [5.41, 5.74) is 1.15.